The topological polar surface area (TPSA) is 69.7 Å². The van der Waals surface area contributed by atoms with E-state index in [1.54, 1.807) is 13.8 Å². The van der Waals surface area contributed by atoms with Crippen LogP contribution in [-0.2, 0) is 23.9 Å². The van der Waals surface area contributed by atoms with Crippen LogP contribution >= 0.6 is 11.6 Å². The Bertz CT molecular complexity index is 334. The molecule has 1 atom stereocenters. The molecule has 0 amide bonds. The van der Waals surface area contributed by atoms with Crippen LogP contribution in [0.25, 0.3) is 0 Å². The van der Waals surface area contributed by atoms with Gasteiger partial charge in [-0.15, -0.1) is 0 Å². The van der Waals surface area contributed by atoms with Crippen molar-refractivity contribution in [1.29, 1.82) is 0 Å². The number of carbonyl (C=O) groups excluding carboxylic acids is 3. The molecular formula is C12H17ClO5. The van der Waals surface area contributed by atoms with Crippen LogP contribution in [0.15, 0.2) is 0 Å². The lowest BCUT2D eigenvalue weighted by molar-refractivity contribution is -0.161. The number of rotatable bonds is 5. The van der Waals surface area contributed by atoms with Gasteiger partial charge < -0.3 is 9.47 Å². The normalized spacial score (nSPS) is 19.7. The van der Waals surface area contributed by atoms with Gasteiger partial charge in [0.15, 0.2) is 0 Å². The zero-order valence-electron chi connectivity index (χ0n) is 10.5. The Balaban J connectivity index is 2.96. The van der Waals surface area contributed by atoms with Crippen LogP contribution in [0.3, 0.4) is 0 Å². The molecule has 0 aromatic heterocycles. The molecule has 1 saturated carbocycles. The van der Waals surface area contributed by atoms with Crippen LogP contribution in [0.1, 0.15) is 33.1 Å². The SMILES string of the molecule is CCOC(=O)C(Cl)(C(=O)OCC)C1CCC(=O)C1. The van der Waals surface area contributed by atoms with Crippen LogP contribution < -0.4 is 0 Å². The molecule has 102 valence electrons. The van der Waals surface area contributed by atoms with Gasteiger partial charge in [0.2, 0.25) is 4.87 Å². The number of halogens is 1. The highest BCUT2D eigenvalue weighted by Gasteiger charge is 2.55. The number of hydrogen-bond donors (Lipinski definition) is 0. The summed E-state index contributed by atoms with van der Waals surface area (Å²) >= 11 is 6.17. The zero-order valence-corrected chi connectivity index (χ0v) is 11.3. The van der Waals surface area contributed by atoms with Gasteiger partial charge in [0.05, 0.1) is 13.2 Å². The first-order valence-electron chi connectivity index (χ1n) is 6.01. The van der Waals surface area contributed by atoms with Gasteiger partial charge in [0.1, 0.15) is 5.78 Å². The van der Waals surface area contributed by atoms with Gasteiger partial charge in [-0.1, -0.05) is 11.6 Å². The van der Waals surface area contributed by atoms with Gasteiger partial charge in [0, 0.05) is 18.8 Å². The second-order valence-electron chi connectivity index (χ2n) is 4.13. The quantitative estimate of drug-likeness (QED) is 0.432. The van der Waals surface area contributed by atoms with E-state index in [0.717, 1.165) is 0 Å². The summed E-state index contributed by atoms with van der Waals surface area (Å²) in [5, 5.41) is 0. The number of carbonyl (C=O) groups is 3. The Morgan fingerprint density at radius 2 is 1.78 bits per heavy atom. The molecule has 1 unspecified atom stereocenters. The Hall–Kier alpha value is -1.10. The molecule has 1 fully saturated rings. The average molecular weight is 277 g/mol. The van der Waals surface area contributed by atoms with E-state index >= 15 is 0 Å². The number of ether oxygens (including phenoxy) is 2. The number of esters is 2. The molecule has 0 bridgehead atoms. The number of Topliss-reactive ketones (excluding diaryl/α,β-unsaturated/α-hetero) is 1. The number of alkyl halides is 1. The molecule has 0 radical (unpaired) electrons. The largest absolute Gasteiger partial charge is 0.464 e. The smallest absolute Gasteiger partial charge is 0.339 e. The molecule has 1 rings (SSSR count). The van der Waals surface area contributed by atoms with Crippen LogP contribution in [0, 0.1) is 5.92 Å². The Morgan fingerprint density at radius 3 is 2.11 bits per heavy atom. The Labute approximate surface area is 111 Å². The van der Waals surface area contributed by atoms with E-state index in [2.05, 4.69) is 0 Å². The third kappa shape index (κ3) is 2.83. The summed E-state index contributed by atoms with van der Waals surface area (Å²) < 4.78 is 9.68. The van der Waals surface area contributed by atoms with Crippen molar-refractivity contribution in [1.82, 2.24) is 0 Å². The maximum Gasteiger partial charge on any atom is 0.339 e. The maximum absolute atomic E-state index is 11.9. The Morgan fingerprint density at radius 1 is 1.28 bits per heavy atom. The fourth-order valence-corrected chi connectivity index (χ4v) is 2.34. The lowest BCUT2D eigenvalue weighted by Crippen LogP contribution is -2.49. The second kappa shape index (κ2) is 6.18. The first kappa shape index (κ1) is 15.0. The minimum Gasteiger partial charge on any atom is -0.464 e. The van der Waals surface area contributed by atoms with Crippen LogP contribution in [0.2, 0.25) is 0 Å². The van der Waals surface area contributed by atoms with E-state index in [1.165, 1.54) is 0 Å². The van der Waals surface area contributed by atoms with Crippen molar-refractivity contribution in [2.45, 2.75) is 38.0 Å². The van der Waals surface area contributed by atoms with Gasteiger partial charge >= 0.3 is 11.9 Å². The predicted octanol–water partition coefficient (Wildman–Crippen LogP) is 1.46. The number of ketones is 1. The first-order valence-corrected chi connectivity index (χ1v) is 6.39. The van der Waals surface area contributed by atoms with Crippen molar-refractivity contribution >= 4 is 29.3 Å². The van der Waals surface area contributed by atoms with Gasteiger partial charge in [-0.2, -0.15) is 0 Å². The fourth-order valence-electron chi connectivity index (χ4n) is 2.04. The summed E-state index contributed by atoms with van der Waals surface area (Å²) in [4.78, 5) is 33.2. The molecule has 0 aromatic rings. The fraction of sp³-hybridized carbons (Fsp3) is 0.750. The van der Waals surface area contributed by atoms with E-state index < -0.39 is 22.7 Å². The van der Waals surface area contributed by atoms with Crippen LogP contribution in [0.5, 0.6) is 0 Å². The predicted molar refractivity (Wildman–Crippen MR) is 64.2 cm³/mol. The molecule has 1 aliphatic rings. The molecule has 0 aliphatic heterocycles. The standard InChI is InChI=1S/C12H17ClO5/c1-3-17-10(15)12(13,11(16)18-4-2)8-5-6-9(14)7-8/h8H,3-7H2,1-2H3. The Kier molecular flexibility index (Phi) is 5.14. The third-order valence-corrected chi connectivity index (χ3v) is 3.57. The van der Waals surface area contributed by atoms with Crippen molar-refractivity contribution in [3.05, 3.63) is 0 Å². The van der Waals surface area contributed by atoms with Gasteiger partial charge in [0.25, 0.3) is 0 Å². The van der Waals surface area contributed by atoms with Crippen molar-refractivity contribution < 1.29 is 23.9 Å². The van der Waals surface area contributed by atoms with Crippen molar-refractivity contribution in [2.75, 3.05) is 13.2 Å². The van der Waals surface area contributed by atoms with E-state index in [9.17, 15) is 14.4 Å². The highest BCUT2D eigenvalue weighted by atomic mass is 35.5. The maximum atomic E-state index is 11.9. The van der Waals surface area contributed by atoms with Gasteiger partial charge in [-0.25, -0.2) is 9.59 Å². The van der Waals surface area contributed by atoms with Gasteiger partial charge in [-0.05, 0) is 20.3 Å². The van der Waals surface area contributed by atoms with Crippen molar-refractivity contribution in [3.8, 4) is 0 Å². The third-order valence-electron chi connectivity index (χ3n) is 2.95. The average Bonchev–Trinajstić information content (AvgIpc) is 2.75. The molecule has 0 spiro atoms. The summed E-state index contributed by atoms with van der Waals surface area (Å²) in [6.07, 6.45) is 0.846. The second-order valence-corrected chi connectivity index (χ2v) is 4.73. The summed E-state index contributed by atoms with van der Waals surface area (Å²) in [7, 11) is 0. The molecular weight excluding hydrogens is 260 g/mol. The number of hydrogen-bond acceptors (Lipinski definition) is 5. The molecule has 0 N–H and O–H groups in total. The van der Waals surface area contributed by atoms with E-state index in [4.69, 9.17) is 21.1 Å². The molecule has 0 aromatic carbocycles. The highest BCUT2D eigenvalue weighted by Crippen LogP contribution is 2.39. The zero-order chi connectivity index (χ0) is 13.8. The summed E-state index contributed by atoms with van der Waals surface area (Å²) in [6, 6.07) is 0. The molecule has 0 saturated heterocycles. The van der Waals surface area contributed by atoms with Crippen molar-refractivity contribution in [2.24, 2.45) is 5.92 Å². The summed E-state index contributed by atoms with van der Waals surface area (Å²) in [5.74, 6) is -2.21. The highest BCUT2D eigenvalue weighted by molar-refractivity contribution is 6.45. The van der Waals surface area contributed by atoms with Crippen LogP contribution in [-0.4, -0.2) is 35.8 Å². The monoisotopic (exact) mass is 276 g/mol. The summed E-state index contributed by atoms with van der Waals surface area (Å²) in [5.41, 5.74) is 0. The minimum atomic E-state index is -1.89. The lowest BCUT2D eigenvalue weighted by atomic mass is 9.89. The molecule has 18 heavy (non-hydrogen) atoms. The molecule has 0 heterocycles. The van der Waals surface area contributed by atoms with Crippen LogP contribution in [0.4, 0.5) is 0 Å². The van der Waals surface area contributed by atoms with Gasteiger partial charge in [-0.3, -0.25) is 4.79 Å². The van der Waals surface area contributed by atoms with E-state index in [-0.39, 0.29) is 25.4 Å². The minimum absolute atomic E-state index is 0.00128. The van der Waals surface area contributed by atoms with E-state index in [1.807, 2.05) is 0 Å². The lowest BCUT2D eigenvalue weighted by Gasteiger charge is -2.27. The molecule has 1 aliphatic carbocycles. The van der Waals surface area contributed by atoms with Crippen molar-refractivity contribution in [3.63, 3.8) is 0 Å². The molecule has 6 heteroatoms. The molecule has 5 nitrogen and oxygen atoms in total. The first-order chi connectivity index (χ1) is 8.46. The van der Waals surface area contributed by atoms with E-state index in [0.29, 0.717) is 12.8 Å². The summed E-state index contributed by atoms with van der Waals surface area (Å²) in [6.45, 7) is 3.49.